The van der Waals surface area contributed by atoms with Gasteiger partial charge >= 0.3 is 0 Å². The molecule has 0 aromatic rings. The Morgan fingerprint density at radius 2 is 2.06 bits per heavy atom. The summed E-state index contributed by atoms with van der Waals surface area (Å²) in [4.78, 5) is 13.0. The molecule has 1 atom stereocenters. The number of nitrogens with one attached hydrogen (secondary N) is 1. The zero-order valence-corrected chi connectivity index (χ0v) is 11.9. The summed E-state index contributed by atoms with van der Waals surface area (Å²) in [6.07, 6.45) is 2.27. The minimum atomic E-state index is -0.148. The van der Waals surface area contributed by atoms with Crippen molar-refractivity contribution in [1.82, 2.24) is 10.2 Å². The summed E-state index contributed by atoms with van der Waals surface area (Å²) >= 11 is 0. The van der Waals surface area contributed by atoms with Crippen molar-refractivity contribution in [2.75, 3.05) is 27.1 Å². The molecule has 0 aromatic carbocycles. The van der Waals surface area contributed by atoms with Crippen molar-refractivity contribution in [3.05, 3.63) is 12.7 Å². The van der Waals surface area contributed by atoms with Crippen LogP contribution in [0, 0.1) is 0 Å². The molecule has 0 aliphatic heterocycles. The molecule has 5 heteroatoms. The third kappa shape index (κ3) is 10.3. The number of carbonyl (C=O) groups excluding carboxylic acids is 1. The van der Waals surface area contributed by atoms with Crippen molar-refractivity contribution in [3.63, 3.8) is 0 Å². The van der Waals surface area contributed by atoms with Crippen molar-refractivity contribution < 1.29 is 14.3 Å². The first-order valence-electron chi connectivity index (χ1n) is 6.26. The highest BCUT2D eigenvalue weighted by molar-refractivity contribution is 5.87. The first kappa shape index (κ1) is 17.1. The van der Waals surface area contributed by atoms with E-state index in [1.165, 1.54) is 6.08 Å². The Labute approximate surface area is 110 Å². The van der Waals surface area contributed by atoms with Crippen LogP contribution in [-0.2, 0) is 14.3 Å². The maximum absolute atomic E-state index is 11.0. The summed E-state index contributed by atoms with van der Waals surface area (Å²) in [5, 5.41) is 2.78. The van der Waals surface area contributed by atoms with Crippen LogP contribution in [0.4, 0.5) is 0 Å². The van der Waals surface area contributed by atoms with Gasteiger partial charge in [-0.2, -0.15) is 0 Å². The zero-order chi connectivity index (χ0) is 14.0. The van der Waals surface area contributed by atoms with E-state index < -0.39 is 0 Å². The number of amides is 1. The van der Waals surface area contributed by atoms with Gasteiger partial charge in [0.05, 0.1) is 12.7 Å². The SMILES string of the molecule is C=CC(=O)NC(C)CCOCN(C)COC(C)C. The molecule has 18 heavy (non-hydrogen) atoms. The van der Waals surface area contributed by atoms with E-state index in [0.717, 1.165) is 6.42 Å². The molecule has 0 bridgehead atoms. The fourth-order valence-corrected chi connectivity index (χ4v) is 1.17. The number of carbonyl (C=O) groups is 1. The topological polar surface area (TPSA) is 50.8 Å². The molecule has 0 saturated carbocycles. The molecule has 0 aliphatic rings. The van der Waals surface area contributed by atoms with Crippen molar-refractivity contribution in [2.24, 2.45) is 0 Å². The summed E-state index contributed by atoms with van der Waals surface area (Å²) in [7, 11) is 1.94. The van der Waals surface area contributed by atoms with E-state index >= 15 is 0 Å². The molecule has 1 unspecified atom stereocenters. The molecular weight excluding hydrogens is 232 g/mol. The van der Waals surface area contributed by atoms with E-state index in [-0.39, 0.29) is 18.1 Å². The summed E-state index contributed by atoms with van der Waals surface area (Å²) in [6.45, 7) is 11.0. The third-order valence-corrected chi connectivity index (χ3v) is 2.21. The summed E-state index contributed by atoms with van der Waals surface area (Å²) in [5.41, 5.74) is 0. The Bertz CT molecular complexity index is 244. The predicted molar refractivity (Wildman–Crippen MR) is 72.1 cm³/mol. The molecule has 0 rings (SSSR count). The summed E-state index contributed by atoms with van der Waals surface area (Å²) < 4.78 is 10.9. The van der Waals surface area contributed by atoms with Gasteiger partial charge in [0.1, 0.15) is 13.5 Å². The Balaban J connectivity index is 3.48. The summed E-state index contributed by atoms with van der Waals surface area (Å²) in [6, 6.07) is 0.0905. The number of nitrogens with zero attached hydrogens (tertiary/aromatic N) is 1. The van der Waals surface area contributed by atoms with Gasteiger partial charge in [0.15, 0.2) is 0 Å². The fraction of sp³-hybridized carbons (Fsp3) is 0.769. The Morgan fingerprint density at radius 3 is 2.61 bits per heavy atom. The maximum atomic E-state index is 11.0. The van der Waals surface area contributed by atoms with E-state index in [2.05, 4.69) is 11.9 Å². The van der Waals surface area contributed by atoms with Crippen LogP contribution in [-0.4, -0.2) is 50.1 Å². The Kier molecular flexibility index (Phi) is 9.55. The highest BCUT2D eigenvalue weighted by Crippen LogP contribution is 1.95. The van der Waals surface area contributed by atoms with Gasteiger partial charge in [-0.15, -0.1) is 0 Å². The zero-order valence-electron chi connectivity index (χ0n) is 11.9. The van der Waals surface area contributed by atoms with Crippen LogP contribution < -0.4 is 5.32 Å². The van der Waals surface area contributed by atoms with E-state index in [1.54, 1.807) is 0 Å². The third-order valence-electron chi connectivity index (χ3n) is 2.21. The van der Waals surface area contributed by atoms with Crippen LogP contribution in [0.25, 0.3) is 0 Å². The molecule has 0 aromatic heterocycles. The average molecular weight is 258 g/mol. The lowest BCUT2D eigenvalue weighted by molar-refractivity contribution is -0.117. The van der Waals surface area contributed by atoms with Crippen molar-refractivity contribution in [2.45, 2.75) is 39.3 Å². The van der Waals surface area contributed by atoms with Crippen LogP contribution in [0.2, 0.25) is 0 Å². The first-order chi connectivity index (χ1) is 8.45. The highest BCUT2D eigenvalue weighted by Gasteiger charge is 2.05. The molecule has 106 valence electrons. The number of ether oxygens (including phenoxy) is 2. The molecule has 0 aliphatic carbocycles. The molecule has 1 amide bonds. The second-order valence-corrected chi connectivity index (χ2v) is 4.64. The molecule has 5 nitrogen and oxygen atoms in total. The largest absolute Gasteiger partial charge is 0.366 e. The molecule has 0 radical (unpaired) electrons. The Morgan fingerprint density at radius 1 is 1.39 bits per heavy atom. The van der Waals surface area contributed by atoms with Gasteiger partial charge in [0, 0.05) is 6.04 Å². The molecule has 0 fully saturated rings. The maximum Gasteiger partial charge on any atom is 0.243 e. The van der Waals surface area contributed by atoms with Gasteiger partial charge in [-0.25, -0.2) is 0 Å². The molecular formula is C13H26N2O3. The van der Waals surface area contributed by atoms with Gasteiger partial charge < -0.3 is 14.8 Å². The quantitative estimate of drug-likeness (QED) is 0.365. The second kappa shape index (κ2) is 10.1. The van der Waals surface area contributed by atoms with Gasteiger partial charge in [-0.05, 0) is 40.3 Å². The van der Waals surface area contributed by atoms with E-state index in [0.29, 0.717) is 20.1 Å². The van der Waals surface area contributed by atoms with E-state index in [1.807, 2.05) is 32.7 Å². The van der Waals surface area contributed by atoms with Crippen molar-refractivity contribution in [1.29, 1.82) is 0 Å². The summed E-state index contributed by atoms with van der Waals surface area (Å²) in [5.74, 6) is -0.148. The van der Waals surface area contributed by atoms with Gasteiger partial charge in [0.25, 0.3) is 0 Å². The Hall–Kier alpha value is -0.910. The lowest BCUT2D eigenvalue weighted by Crippen LogP contribution is -2.32. The van der Waals surface area contributed by atoms with Crippen LogP contribution in [0.5, 0.6) is 0 Å². The minimum Gasteiger partial charge on any atom is -0.366 e. The molecule has 0 heterocycles. The van der Waals surface area contributed by atoms with Crippen LogP contribution >= 0.6 is 0 Å². The molecule has 0 saturated heterocycles. The van der Waals surface area contributed by atoms with Gasteiger partial charge in [0.2, 0.25) is 5.91 Å². The highest BCUT2D eigenvalue weighted by atomic mass is 16.5. The van der Waals surface area contributed by atoms with E-state index in [9.17, 15) is 4.79 Å². The smallest absolute Gasteiger partial charge is 0.243 e. The van der Waals surface area contributed by atoms with Crippen LogP contribution in [0.15, 0.2) is 12.7 Å². The minimum absolute atomic E-state index is 0.0905. The number of rotatable bonds is 10. The van der Waals surface area contributed by atoms with Crippen molar-refractivity contribution >= 4 is 5.91 Å². The first-order valence-corrected chi connectivity index (χ1v) is 6.26. The number of hydrogen-bond donors (Lipinski definition) is 1. The number of hydrogen-bond acceptors (Lipinski definition) is 4. The lowest BCUT2D eigenvalue weighted by atomic mass is 10.2. The fourth-order valence-electron chi connectivity index (χ4n) is 1.17. The normalized spacial score (nSPS) is 12.8. The molecule has 1 N–H and O–H groups in total. The van der Waals surface area contributed by atoms with Gasteiger partial charge in [-0.3, -0.25) is 9.69 Å². The second-order valence-electron chi connectivity index (χ2n) is 4.64. The lowest BCUT2D eigenvalue weighted by Gasteiger charge is -2.19. The van der Waals surface area contributed by atoms with Crippen LogP contribution in [0.1, 0.15) is 27.2 Å². The van der Waals surface area contributed by atoms with Crippen molar-refractivity contribution in [3.8, 4) is 0 Å². The van der Waals surface area contributed by atoms with E-state index in [4.69, 9.17) is 9.47 Å². The average Bonchev–Trinajstić information content (AvgIpc) is 2.31. The standard InChI is InChI=1S/C13H26N2O3/c1-6-13(16)14-12(4)7-8-17-9-15(5)10-18-11(2)3/h6,11-12H,1,7-10H2,2-5H3,(H,14,16). The monoisotopic (exact) mass is 258 g/mol. The molecule has 0 spiro atoms. The van der Waals surface area contributed by atoms with Gasteiger partial charge in [-0.1, -0.05) is 6.58 Å². The van der Waals surface area contributed by atoms with Crippen LogP contribution in [0.3, 0.4) is 0 Å². The predicted octanol–water partition coefficient (Wildman–Crippen LogP) is 1.36.